The van der Waals surface area contributed by atoms with Crippen LogP contribution in [-0.2, 0) is 14.4 Å². The second-order valence-corrected chi connectivity index (χ2v) is 6.76. The number of oxime groups is 1. The van der Waals surface area contributed by atoms with Crippen molar-refractivity contribution in [2.24, 2.45) is 11.1 Å². The molecule has 0 saturated heterocycles. The van der Waals surface area contributed by atoms with Crippen LogP contribution in [0.15, 0.2) is 28.1 Å². The van der Waals surface area contributed by atoms with E-state index in [0.29, 0.717) is 17.2 Å². The van der Waals surface area contributed by atoms with E-state index in [0.717, 1.165) is 32.1 Å². The van der Waals surface area contributed by atoms with Crippen LogP contribution in [0, 0.1) is 5.92 Å². The Kier molecular flexibility index (Phi) is 5.74. The second-order valence-electron chi connectivity index (χ2n) is 6.22. The summed E-state index contributed by atoms with van der Waals surface area (Å²) in [6, 6.07) is 0. The van der Waals surface area contributed by atoms with Crippen LogP contribution in [0.4, 0.5) is 0 Å². The molecule has 1 heterocycles. The van der Waals surface area contributed by atoms with Crippen molar-refractivity contribution in [2.75, 3.05) is 6.61 Å². The molecule has 1 aliphatic heterocycles. The maximum absolute atomic E-state index is 12.5. The van der Waals surface area contributed by atoms with E-state index in [9.17, 15) is 9.90 Å². The minimum absolute atomic E-state index is 0.0529. The van der Waals surface area contributed by atoms with E-state index < -0.39 is 11.6 Å². The molecular weight excluding hydrogens is 318 g/mol. The van der Waals surface area contributed by atoms with E-state index in [2.05, 4.69) is 11.7 Å². The fourth-order valence-electron chi connectivity index (χ4n) is 3.30. The molecule has 1 spiro atoms. The van der Waals surface area contributed by atoms with E-state index in [1.54, 1.807) is 0 Å². The molecule has 0 radical (unpaired) electrons. The molecule has 1 atom stereocenters. The summed E-state index contributed by atoms with van der Waals surface area (Å²) in [5, 5.41) is 14.9. The summed E-state index contributed by atoms with van der Waals surface area (Å²) < 4.78 is 5.75. The summed E-state index contributed by atoms with van der Waals surface area (Å²) in [7, 11) is 0. The quantitative estimate of drug-likeness (QED) is 0.446. The number of halogens is 1. The van der Waals surface area contributed by atoms with Gasteiger partial charge in [-0.05, 0) is 32.1 Å². The molecule has 0 bridgehead atoms. The molecule has 1 saturated carbocycles. The van der Waals surface area contributed by atoms with Crippen LogP contribution in [0.2, 0.25) is 0 Å². The first kappa shape index (κ1) is 17.9. The summed E-state index contributed by atoms with van der Waals surface area (Å²) in [6.45, 7) is 7.43. The molecular formula is C17H24ClNO4. The highest BCUT2D eigenvalue weighted by Gasteiger charge is 2.50. The Bertz CT molecular complexity index is 547. The van der Waals surface area contributed by atoms with Crippen molar-refractivity contribution in [3.05, 3.63) is 22.9 Å². The largest absolute Gasteiger partial charge is 0.511 e. The van der Waals surface area contributed by atoms with Crippen LogP contribution in [0.1, 0.15) is 52.4 Å². The fraction of sp³-hybridized carbons (Fsp3) is 0.647. The van der Waals surface area contributed by atoms with Crippen molar-refractivity contribution in [1.29, 1.82) is 0 Å². The molecule has 1 aliphatic carbocycles. The molecule has 0 aromatic carbocycles. The Morgan fingerprint density at radius 2 is 2.17 bits per heavy atom. The van der Waals surface area contributed by atoms with Gasteiger partial charge in [0.05, 0.1) is 16.7 Å². The predicted octanol–water partition coefficient (Wildman–Crippen LogP) is 4.23. The van der Waals surface area contributed by atoms with Gasteiger partial charge in [0, 0.05) is 0 Å². The Hall–Kier alpha value is -1.49. The predicted molar refractivity (Wildman–Crippen MR) is 89.4 cm³/mol. The van der Waals surface area contributed by atoms with Crippen molar-refractivity contribution < 1.29 is 19.5 Å². The molecule has 23 heavy (non-hydrogen) atoms. The molecule has 2 aliphatic rings. The zero-order valence-corrected chi connectivity index (χ0v) is 14.5. The number of nitrogens with zero attached hydrogens (tertiary/aromatic N) is 1. The Morgan fingerprint density at radius 1 is 1.52 bits per heavy atom. The molecule has 1 N–H and O–H groups in total. The normalized spacial score (nSPS) is 24.0. The number of esters is 1. The zero-order valence-electron chi connectivity index (χ0n) is 13.7. The highest BCUT2D eigenvalue weighted by atomic mass is 35.5. The monoisotopic (exact) mass is 341 g/mol. The lowest BCUT2D eigenvalue weighted by Gasteiger charge is -2.39. The van der Waals surface area contributed by atoms with Gasteiger partial charge in [-0.15, -0.1) is 0 Å². The third-order valence-corrected chi connectivity index (χ3v) is 4.69. The van der Waals surface area contributed by atoms with Gasteiger partial charge < -0.3 is 14.7 Å². The first-order valence-electron chi connectivity index (χ1n) is 8.10. The third kappa shape index (κ3) is 3.71. The van der Waals surface area contributed by atoms with E-state index in [1.165, 1.54) is 0 Å². The maximum Gasteiger partial charge on any atom is 0.344 e. The van der Waals surface area contributed by atoms with Crippen LogP contribution in [-0.4, -0.2) is 29.0 Å². The minimum Gasteiger partial charge on any atom is -0.511 e. The second kappa shape index (κ2) is 7.39. The highest BCUT2D eigenvalue weighted by Crippen LogP contribution is 2.45. The number of rotatable bonds is 6. The van der Waals surface area contributed by atoms with E-state index in [-0.39, 0.29) is 23.9 Å². The lowest BCUT2D eigenvalue weighted by Crippen LogP contribution is -2.45. The molecule has 1 unspecified atom stereocenters. The zero-order chi connectivity index (χ0) is 17.0. The van der Waals surface area contributed by atoms with Crippen molar-refractivity contribution in [2.45, 2.75) is 58.0 Å². The number of carbonyl (C=O) groups excluding carboxylic acids is 1. The summed E-state index contributed by atoms with van der Waals surface area (Å²) in [4.78, 5) is 17.6. The summed E-state index contributed by atoms with van der Waals surface area (Å²) >= 11 is 5.64. The van der Waals surface area contributed by atoms with Crippen molar-refractivity contribution in [1.82, 2.24) is 0 Å². The van der Waals surface area contributed by atoms with E-state index >= 15 is 0 Å². The number of hydrogen-bond acceptors (Lipinski definition) is 5. The van der Waals surface area contributed by atoms with Gasteiger partial charge >= 0.3 is 5.97 Å². The van der Waals surface area contributed by atoms with Gasteiger partial charge in [0.25, 0.3) is 0 Å². The topological polar surface area (TPSA) is 68.1 Å². The maximum atomic E-state index is 12.5. The molecule has 128 valence electrons. The van der Waals surface area contributed by atoms with Crippen molar-refractivity contribution >= 4 is 23.3 Å². The fourth-order valence-corrected chi connectivity index (χ4v) is 3.35. The molecule has 0 aromatic rings. The Labute approximate surface area is 142 Å². The Balaban J connectivity index is 2.31. The highest BCUT2D eigenvalue weighted by molar-refractivity contribution is 6.29. The summed E-state index contributed by atoms with van der Waals surface area (Å²) in [5.41, 5.74) is -0.0301. The van der Waals surface area contributed by atoms with Crippen molar-refractivity contribution in [3.8, 4) is 0 Å². The number of aliphatic hydroxyl groups is 1. The summed E-state index contributed by atoms with van der Waals surface area (Å²) in [5.74, 6) is -0.686. The van der Waals surface area contributed by atoms with Crippen LogP contribution in [0.25, 0.3) is 0 Å². The first-order chi connectivity index (χ1) is 10.9. The van der Waals surface area contributed by atoms with Crippen LogP contribution in [0.5, 0.6) is 0 Å². The third-order valence-electron chi connectivity index (χ3n) is 4.58. The number of hydrogen-bond donors (Lipinski definition) is 1. The van der Waals surface area contributed by atoms with Gasteiger partial charge in [-0.25, -0.2) is 4.79 Å². The standard InChI is InChI=1S/C17H24ClNO4/c1-4-7-13(19-22-10-11(2)18)14-15(20)12(3)17(23-16(14)21)8-5-6-9-17/h12,20H,2,4-10H2,1,3H3. The summed E-state index contributed by atoms with van der Waals surface area (Å²) in [6.07, 6.45) is 4.87. The average Bonchev–Trinajstić information content (AvgIpc) is 2.94. The van der Waals surface area contributed by atoms with Crippen LogP contribution in [0.3, 0.4) is 0 Å². The van der Waals surface area contributed by atoms with Gasteiger partial charge in [0.1, 0.15) is 16.9 Å². The van der Waals surface area contributed by atoms with Gasteiger partial charge in [0.2, 0.25) is 0 Å². The lowest BCUT2D eigenvalue weighted by atomic mass is 9.81. The van der Waals surface area contributed by atoms with Crippen molar-refractivity contribution in [3.63, 3.8) is 0 Å². The lowest BCUT2D eigenvalue weighted by molar-refractivity contribution is -0.163. The molecule has 2 rings (SSSR count). The number of aliphatic hydroxyl groups excluding tert-OH is 1. The average molecular weight is 342 g/mol. The molecule has 0 aromatic heterocycles. The molecule has 0 amide bonds. The van der Waals surface area contributed by atoms with Gasteiger partial charge in [-0.3, -0.25) is 0 Å². The van der Waals surface area contributed by atoms with Gasteiger partial charge in [-0.1, -0.05) is 43.6 Å². The molecule has 1 fully saturated rings. The number of carbonyl (C=O) groups is 1. The minimum atomic E-state index is -0.562. The van der Waals surface area contributed by atoms with Gasteiger partial charge in [-0.2, -0.15) is 0 Å². The van der Waals surface area contributed by atoms with Crippen LogP contribution >= 0.6 is 11.6 Å². The van der Waals surface area contributed by atoms with E-state index in [1.807, 2.05) is 13.8 Å². The first-order valence-corrected chi connectivity index (χ1v) is 8.48. The smallest absolute Gasteiger partial charge is 0.344 e. The van der Waals surface area contributed by atoms with Crippen LogP contribution < -0.4 is 0 Å². The number of ether oxygens (including phenoxy) is 1. The Morgan fingerprint density at radius 3 is 2.74 bits per heavy atom. The molecule has 5 nitrogen and oxygen atoms in total. The van der Waals surface area contributed by atoms with Gasteiger partial charge in [0.15, 0.2) is 6.61 Å². The van der Waals surface area contributed by atoms with E-state index in [4.69, 9.17) is 21.2 Å². The SMILES string of the molecule is C=C(Cl)CON=C(CCC)C1=C(O)C(C)C2(CCCC2)OC1=O. The molecule has 6 heteroatoms.